The highest BCUT2D eigenvalue weighted by atomic mass is 35.5. The molecule has 2 aliphatic heterocycles. The van der Waals surface area contributed by atoms with E-state index in [0.29, 0.717) is 13.2 Å². The van der Waals surface area contributed by atoms with E-state index in [1.807, 2.05) is 12.1 Å². The van der Waals surface area contributed by atoms with Crippen LogP contribution in [0.3, 0.4) is 0 Å². The zero-order chi connectivity index (χ0) is 36.3. The third-order valence-electron chi connectivity index (χ3n) is 9.07. The largest absolute Gasteiger partial charge is 1.00 e. The predicted molar refractivity (Wildman–Crippen MR) is 215 cm³/mol. The van der Waals surface area contributed by atoms with Crippen molar-refractivity contribution < 1.29 is 43.3 Å². The number of fused-ring (bicyclic) bond motifs is 8. The molecule has 282 valence electrons. The van der Waals surface area contributed by atoms with E-state index in [4.69, 9.17) is 19.4 Å². The lowest BCUT2D eigenvalue weighted by Gasteiger charge is -2.23. The zero-order valence-corrected chi connectivity index (χ0v) is 33.6. The second-order valence-electron chi connectivity index (χ2n) is 15.6. The van der Waals surface area contributed by atoms with Gasteiger partial charge in [-0.15, -0.1) is 0 Å². The predicted octanol–water partition coefficient (Wildman–Crippen LogP) is 2.54. The molecular weight excluding hydrogens is 715 g/mol. The molecule has 10 heteroatoms. The maximum absolute atomic E-state index is 6.22. The Morgan fingerprint density at radius 3 is 1.11 bits per heavy atom. The van der Waals surface area contributed by atoms with Gasteiger partial charge in [-0.25, -0.2) is 9.97 Å². The molecule has 0 unspecified atom stereocenters. The van der Waals surface area contributed by atoms with Crippen LogP contribution in [0.4, 0.5) is 0 Å². The number of hydrogen-bond acceptors (Lipinski definition) is 4. The van der Waals surface area contributed by atoms with E-state index in [1.165, 1.54) is 0 Å². The van der Waals surface area contributed by atoms with Crippen LogP contribution in [0.5, 0.6) is 11.5 Å². The fourth-order valence-electron chi connectivity index (χ4n) is 6.58. The fourth-order valence-corrected chi connectivity index (χ4v) is 6.58. The van der Waals surface area contributed by atoms with Crippen molar-refractivity contribution in [3.8, 4) is 22.9 Å². The van der Waals surface area contributed by atoms with Gasteiger partial charge < -0.3 is 52.4 Å². The maximum atomic E-state index is 6.22. The lowest BCUT2D eigenvalue weighted by atomic mass is 10.2. The number of nitrogens with zero attached hydrogens (tertiary/aromatic N) is 6. The molecule has 3 aromatic heterocycles. The summed E-state index contributed by atoms with van der Waals surface area (Å²) >= 11 is 0. The first-order chi connectivity index (χ1) is 25.0. The molecule has 2 aromatic carbocycles. The van der Waals surface area contributed by atoms with E-state index >= 15 is 0 Å². The van der Waals surface area contributed by atoms with Crippen LogP contribution < -0.4 is 34.3 Å². The van der Waals surface area contributed by atoms with E-state index in [9.17, 15) is 0 Å². The van der Waals surface area contributed by atoms with Crippen molar-refractivity contribution in [2.45, 2.75) is 12.8 Å². The summed E-state index contributed by atoms with van der Waals surface area (Å²) in [6.45, 7) is 3.47. The van der Waals surface area contributed by atoms with Crippen molar-refractivity contribution in [2.24, 2.45) is 0 Å². The molecule has 5 heterocycles. The molecule has 7 rings (SSSR count). The summed E-state index contributed by atoms with van der Waals surface area (Å²) in [5.74, 6) is 1.72. The summed E-state index contributed by atoms with van der Waals surface area (Å²) in [5.41, 5.74) is 9.68. The van der Waals surface area contributed by atoms with Crippen LogP contribution in [0, 0.1) is 0 Å². The second kappa shape index (κ2) is 17.1. The van der Waals surface area contributed by atoms with E-state index < -0.39 is 0 Å². The summed E-state index contributed by atoms with van der Waals surface area (Å²) in [6.07, 6.45) is 10.3. The quantitative estimate of drug-likeness (QED) is 0.142. The number of aromatic nitrogens is 4. The number of hydrogen-bond donors (Lipinski definition) is 0. The maximum Gasteiger partial charge on any atom is 0.121 e. The smallest absolute Gasteiger partial charge is 0.121 e. The molecule has 0 N–H and O–H groups in total. The lowest BCUT2D eigenvalue weighted by Crippen LogP contribution is -3.00. The Hall–Kier alpha value is -4.86. The Bertz CT molecular complexity index is 2060. The Morgan fingerprint density at radius 1 is 0.463 bits per heavy atom. The molecule has 0 atom stereocenters. The van der Waals surface area contributed by atoms with Gasteiger partial charge in [0.15, 0.2) is 0 Å². The van der Waals surface area contributed by atoms with Crippen molar-refractivity contribution in [1.29, 1.82) is 0 Å². The first-order valence-corrected chi connectivity index (χ1v) is 18.1. The van der Waals surface area contributed by atoms with Gasteiger partial charge >= 0.3 is 0 Å². The van der Waals surface area contributed by atoms with Crippen molar-refractivity contribution >= 4 is 46.4 Å². The molecule has 2 aliphatic rings. The molecular formula is C44H50Cl2N6O2. The lowest BCUT2D eigenvalue weighted by molar-refractivity contribution is -0.870. The minimum absolute atomic E-state index is 0. The van der Waals surface area contributed by atoms with Crippen molar-refractivity contribution in [3.63, 3.8) is 0 Å². The van der Waals surface area contributed by atoms with Gasteiger partial charge in [-0.3, -0.25) is 0 Å². The number of benzene rings is 2. The average molecular weight is 766 g/mol. The SMILES string of the molecule is C[N+](C)(C)CCCOc1cccc(-n2c3ccc2cc2nc(cc4ccc(cc5nc(c3)C=C5)n4-c3cccc(OCCC[N+](C)(C)C)c3)C=C2)c1.[Cl-].[Cl-]. The molecule has 0 saturated carbocycles. The van der Waals surface area contributed by atoms with Gasteiger partial charge in [0.25, 0.3) is 0 Å². The zero-order valence-electron chi connectivity index (χ0n) is 32.0. The Morgan fingerprint density at radius 2 is 0.796 bits per heavy atom. The Balaban J connectivity index is 0.00000280. The van der Waals surface area contributed by atoms with E-state index in [1.54, 1.807) is 0 Å². The van der Waals surface area contributed by atoms with Crippen LogP contribution in [0.2, 0.25) is 0 Å². The van der Waals surface area contributed by atoms with Gasteiger partial charge in [-0.05, 0) is 97.1 Å². The average Bonchev–Trinajstić information content (AvgIpc) is 3.90. The van der Waals surface area contributed by atoms with Crippen LogP contribution in [-0.4, -0.2) is 96.7 Å². The molecule has 54 heavy (non-hydrogen) atoms. The topological polar surface area (TPSA) is 54.1 Å². The molecule has 0 aliphatic carbocycles. The molecule has 5 aromatic rings. The Kier molecular flexibility index (Phi) is 12.8. The summed E-state index contributed by atoms with van der Waals surface area (Å²) in [7, 11) is 13.2. The summed E-state index contributed by atoms with van der Waals surface area (Å²) < 4.78 is 18.8. The highest BCUT2D eigenvalue weighted by Crippen LogP contribution is 2.27. The number of rotatable bonds is 12. The van der Waals surface area contributed by atoms with E-state index in [2.05, 4.69) is 161 Å². The van der Waals surface area contributed by atoms with Gasteiger partial charge in [-0.2, -0.15) is 0 Å². The van der Waals surface area contributed by atoms with Crippen LogP contribution in [0.15, 0.2) is 97.1 Å². The molecule has 0 saturated heterocycles. The third-order valence-corrected chi connectivity index (χ3v) is 9.07. The summed E-state index contributed by atoms with van der Waals surface area (Å²) in [4.78, 5) is 10.1. The van der Waals surface area contributed by atoms with Crippen LogP contribution in [0.25, 0.3) is 57.7 Å². The standard InChI is InChI=1S/C44H50N6O2.2ClH/c1-49(2,3)23-9-25-51-43-13-7-11-37(31-43)47-39-19-20-40(47)28-34-16-18-36(46-34)30-42-22-21-41(29-35-17-15-33(27-39)45-35)48(42)38-12-8-14-44(32-38)52-26-10-24-50(4,5)6;;/h7-8,11-22,27-32H,9-10,23-26H2,1-6H3;2*1H/q+2;;/p-2. The first-order valence-electron chi connectivity index (χ1n) is 18.1. The number of halogens is 2. The van der Waals surface area contributed by atoms with Gasteiger partial charge in [0.2, 0.25) is 0 Å². The highest BCUT2D eigenvalue weighted by Gasteiger charge is 2.12. The second-order valence-corrected chi connectivity index (χ2v) is 15.6. The van der Waals surface area contributed by atoms with E-state index in [-0.39, 0.29) is 24.8 Å². The van der Waals surface area contributed by atoms with Crippen molar-refractivity contribution in [3.05, 3.63) is 120 Å². The van der Waals surface area contributed by atoms with Crippen LogP contribution in [0.1, 0.15) is 35.6 Å². The molecule has 8 bridgehead atoms. The molecule has 8 nitrogen and oxygen atoms in total. The van der Waals surface area contributed by atoms with Gasteiger partial charge in [0.05, 0.1) is 91.4 Å². The molecule has 0 spiro atoms. The summed E-state index contributed by atoms with van der Waals surface area (Å²) in [6, 6.07) is 33.8. The van der Waals surface area contributed by atoms with E-state index in [0.717, 1.165) is 103 Å². The van der Waals surface area contributed by atoms with Crippen LogP contribution in [-0.2, 0) is 0 Å². The highest BCUT2D eigenvalue weighted by molar-refractivity contribution is 5.80. The van der Waals surface area contributed by atoms with Gasteiger partial charge in [-0.1, -0.05) is 12.1 Å². The molecule has 0 amide bonds. The molecule has 0 radical (unpaired) electrons. The van der Waals surface area contributed by atoms with Crippen molar-refractivity contribution in [1.82, 2.24) is 19.1 Å². The summed E-state index contributed by atoms with van der Waals surface area (Å²) in [5, 5.41) is 0. The monoisotopic (exact) mass is 764 g/mol. The number of quaternary nitrogens is 2. The minimum Gasteiger partial charge on any atom is -1.00 e. The Labute approximate surface area is 331 Å². The number of ether oxygens (including phenoxy) is 2. The van der Waals surface area contributed by atoms with Crippen LogP contribution >= 0.6 is 0 Å². The normalized spacial score (nSPS) is 12.3. The minimum atomic E-state index is 0. The van der Waals surface area contributed by atoms with Gasteiger partial charge in [0.1, 0.15) is 11.5 Å². The third kappa shape index (κ3) is 10.2. The first kappa shape index (κ1) is 40.3. The van der Waals surface area contributed by atoms with Crippen molar-refractivity contribution in [2.75, 3.05) is 68.6 Å². The van der Waals surface area contributed by atoms with Gasteiger partial charge in [0, 0.05) is 58.4 Å². The fraction of sp³-hybridized carbons (Fsp3) is 0.273. The molecule has 0 fully saturated rings.